The highest BCUT2D eigenvalue weighted by molar-refractivity contribution is 5.99. The monoisotopic (exact) mass is 741 g/mol. The number of hydrogen-bond donors (Lipinski definition) is 1. The zero-order valence-corrected chi connectivity index (χ0v) is 31.2. The molecule has 0 aliphatic carbocycles. The third-order valence-electron chi connectivity index (χ3n) is 9.18. The summed E-state index contributed by atoms with van der Waals surface area (Å²) in [6, 6.07) is 15.9. The fraction of sp³-hybridized carbons (Fsp3) is 0.325. The van der Waals surface area contributed by atoms with Gasteiger partial charge in [-0.3, -0.25) is 4.79 Å². The van der Waals surface area contributed by atoms with E-state index in [1.165, 1.54) is 38.5 Å². The number of rotatable bonds is 15. The van der Waals surface area contributed by atoms with Gasteiger partial charge in [0.05, 0.1) is 21.3 Å². The van der Waals surface area contributed by atoms with Crippen molar-refractivity contribution in [1.82, 2.24) is 5.32 Å². The zero-order chi connectivity index (χ0) is 39.1. The SMILES string of the molecule is CCN(CC)c1ccc2cc(C(=O)N[C@H](C(=O)OC)[C@H](OC(=O)c3cc4ccc(N(CC)CC)cc4oc3=O)c3cc(OC)ccc3OC)c(=O)oc2c1. The molecule has 0 saturated heterocycles. The Bertz CT molecular complexity index is 2290. The second-order valence-electron chi connectivity index (χ2n) is 12.1. The first-order chi connectivity index (χ1) is 26.0. The maximum Gasteiger partial charge on any atom is 0.351 e. The van der Waals surface area contributed by atoms with E-state index >= 15 is 0 Å². The molecule has 1 amide bonds. The van der Waals surface area contributed by atoms with E-state index in [0.717, 1.165) is 44.7 Å². The van der Waals surface area contributed by atoms with Gasteiger partial charge < -0.3 is 42.9 Å². The number of methoxy groups -OCH3 is 3. The Hall–Kier alpha value is -6.31. The minimum absolute atomic E-state index is 0.0735. The number of nitrogens with one attached hydrogen (secondary N) is 1. The molecule has 0 spiro atoms. The average Bonchev–Trinajstić information content (AvgIpc) is 3.18. The Morgan fingerprint density at radius 2 is 1.22 bits per heavy atom. The summed E-state index contributed by atoms with van der Waals surface area (Å²) < 4.78 is 33.0. The number of carbonyl (C=O) groups excluding carboxylic acids is 3. The van der Waals surface area contributed by atoms with Crippen molar-refractivity contribution in [2.45, 2.75) is 39.8 Å². The Balaban J connectivity index is 1.57. The number of amides is 1. The molecule has 5 aromatic rings. The van der Waals surface area contributed by atoms with E-state index in [0.29, 0.717) is 10.8 Å². The van der Waals surface area contributed by atoms with Crippen molar-refractivity contribution in [3.05, 3.63) is 104 Å². The number of hydrogen-bond acceptors (Lipinski definition) is 13. The summed E-state index contributed by atoms with van der Waals surface area (Å²) in [6.07, 6.45) is -1.69. The fourth-order valence-corrected chi connectivity index (χ4v) is 6.23. The number of esters is 2. The number of nitrogens with zero attached hydrogens (tertiary/aromatic N) is 2. The summed E-state index contributed by atoms with van der Waals surface area (Å²) in [5.41, 5.74) is -0.597. The first-order valence-corrected chi connectivity index (χ1v) is 17.5. The van der Waals surface area contributed by atoms with Crippen LogP contribution in [-0.2, 0) is 14.3 Å². The van der Waals surface area contributed by atoms with E-state index in [1.54, 1.807) is 30.3 Å². The van der Waals surface area contributed by atoms with Crippen LogP contribution >= 0.6 is 0 Å². The third-order valence-corrected chi connectivity index (χ3v) is 9.18. The van der Waals surface area contributed by atoms with E-state index in [9.17, 15) is 24.0 Å². The normalized spacial score (nSPS) is 12.1. The molecule has 0 radical (unpaired) electrons. The molecule has 0 saturated carbocycles. The lowest BCUT2D eigenvalue weighted by Crippen LogP contribution is -2.48. The van der Waals surface area contributed by atoms with Crippen molar-refractivity contribution >= 4 is 51.2 Å². The molecule has 54 heavy (non-hydrogen) atoms. The molecule has 0 aliphatic heterocycles. The van der Waals surface area contributed by atoms with Crippen molar-refractivity contribution in [3.63, 3.8) is 0 Å². The van der Waals surface area contributed by atoms with E-state index in [2.05, 4.69) is 15.1 Å². The average molecular weight is 742 g/mol. The second-order valence-corrected chi connectivity index (χ2v) is 12.1. The number of ether oxygens (including phenoxy) is 4. The van der Waals surface area contributed by atoms with Crippen molar-refractivity contribution < 1.29 is 42.2 Å². The predicted molar refractivity (Wildman–Crippen MR) is 203 cm³/mol. The quantitative estimate of drug-likeness (QED) is 0.106. The van der Waals surface area contributed by atoms with Gasteiger partial charge in [-0.25, -0.2) is 19.2 Å². The van der Waals surface area contributed by atoms with Gasteiger partial charge in [0.15, 0.2) is 12.1 Å². The number of anilines is 2. The van der Waals surface area contributed by atoms with Crippen LogP contribution in [0.2, 0.25) is 0 Å². The van der Waals surface area contributed by atoms with E-state index in [1.807, 2.05) is 39.8 Å². The summed E-state index contributed by atoms with van der Waals surface area (Å²) in [6.45, 7) is 10.9. The molecule has 2 aromatic heterocycles. The van der Waals surface area contributed by atoms with Crippen LogP contribution in [0.3, 0.4) is 0 Å². The Kier molecular flexibility index (Phi) is 12.3. The van der Waals surface area contributed by atoms with E-state index in [4.69, 9.17) is 27.8 Å². The Labute approximate surface area is 311 Å². The molecule has 2 heterocycles. The number of fused-ring (bicyclic) bond motifs is 2. The first-order valence-electron chi connectivity index (χ1n) is 17.5. The number of benzene rings is 3. The highest BCUT2D eigenvalue weighted by atomic mass is 16.6. The van der Waals surface area contributed by atoms with Crippen LogP contribution in [0, 0.1) is 0 Å². The van der Waals surface area contributed by atoms with Gasteiger partial charge in [-0.1, -0.05) is 0 Å². The molecule has 2 atom stereocenters. The van der Waals surface area contributed by atoms with Gasteiger partial charge in [0.2, 0.25) is 0 Å². The van der Waals surface area contributed by atoms with Crippen LogP contribution in [-0.4, -0.2) is 71.4 Å². The molecule has 0 aliphatic rings. The Morgan fingerprint density at radius 3 is 1.72 bits per heavy atom. The number of carbonyl (C=O) groups is 3. The maximum absolute atomic E-state index is 13.9. The van der Waals surface area contributed by atoms with Crippen LogP contribution < -0.4 is 35.8 Å². The lowest BCUT2D eigenvalue weighted by Gasteiger charge is -2.27. The molecular weight excluding hydrogens is 698 g/mol. The van der Waals surface area contributed by atoms with Crippen molar-refractivity contribution in [3.8, 4) is 11.5 Å². The van der Waals surface area contributed by atoms with Crippen LogP contribution in [0.15, 0.2) is 85.2 Å². The van der Waals surface area contributed by atoms with Gasteiger partial charge in [0.1, 0.15) is 33.8 Å². The fourth-order valence-electron chi connectivity index (χ4n) is 6.23. The maximum atomic E-state index is 13.9. The van der Waals surface area contributed by atoms with Crippen LogP contribution in [0.1, 0.15) is 60.1 Å². The van der Waals surface area contributed by atoms with Crippen LogP contribution in [0.25, 0.3) is 21.9 Å². The molecule has 1 N–H and O–H groups in total. The molecule has 14 nitrogen and oxygen atoms in total. The third kappa shape index (κ3) is 8.02. The molecule has 0 unspecified atom stereocenters. The minimum atomic E-state index is -1.78. The van der Waals surface area contributed by atoms with Crippen LogP contribution in [0.4, 0.5) is 11.4 Å². The summed E-state index contributed by atoms with van der Waals surface area (Å²) >= 11 is 0. The summed E-state index contributed by atoms with van der Waals surface area (Å²) in [5.74, 6) is -2.82. The van der Waals surface area contributed by atoms with Crippen molar-refractivity contribution in [2.24, 2.45) is 0 Å². The molecular formula is C40H43N3O11. The molecule has 14 heteroatoms. The van der Waals surface area contributed by atoms with Gasteiger partial charge in [-0.15, -0.1) is 0 Å². The first kappa shape index (κ1) is 38.9. The summed E-state index contributed by atoms with van der Waals surface area (Å²) in [5, 5.41) is 3.39. The zero-order valence-electron chi connectivity index (χ0n) is 31.2. The molecule has 0 fully saturated rings. The van der Waals surface area contributed by atoms with Gasteiger partial charge >= 0.3 is 23.2 Å². The minimum Gasteiger partial charge on any atom is -0.497 e. The predicted octanol–water partition coefficient (Wildman–Crippen LogP) is 5.48. The molecule has 5 rings (SSSR count). The smallest absolute Gasteiger partial charge is 0.351 e. The van der Waals surface area contributed by atoms with Crippen LogP contribution in [0.5, 0.6) is 11.5 Å². The lowest BCUT2D eigenvalue weighted by atomic mass is 9.99. The van der Waals surface area contributed by atoms with Crippen molar-refractivity contribution in [2.75, 3.05) is 57.3 Å². The van der Waals surface area contributed by atoms with E-state index < -0.39 is 52.4 Å². The van der Waals surface area contributed by atoms with Gasteiger partial charge in [0, 0.05) is 66.0 Å². The van der Waals surface area contributed by atoms with Gasteiger partial charge in [-0.2, -0.15) is 0 Å². The van der Waals surface area contributed by atoms with E-state index in [-0.39, 0.29) is 28.2 Å². The van der Waals surface area contributed by atoms with Gasteiger partial charge in [0.25, 0.3) is 5.91 Å². The topological polar surface area (TPSA) is 167 Å². The summed E-state index contributed by atoms with van der Waals surface area (Å²) in [4.78, 5) is 71.9. The Morgan fingerprint density at radius 1 is 0.685 bits per heavy atom. The largest absolute Gasteiger partial charge is 0.497 e. The second kappa shape index (κ2) is 17.0. The lowest BCUT2D eigenvalue weighted by molar-refractivity contribution is -0.146. The molecule has 0 bridgehead atoms. The highest BCUT2D eigenvalue weighted by Crippen LogP contribution is 2.35. The highest BCUT2D eigenvalue weighted by Gasteiger charge is 2.39. The summed E-state index contributed by atoms with van der Waals surface area (Å²) in [7, 11) is 3.83. The molecule has 284 valence electrons. The standard InChI is InChI=1S/C40H43N3O11/c1-8-42(9-2)25-14-12-23-18-29(37(45)52-32(23)20-25)36(44)41-34(40(48)51-7)35(28-22-27(49-5)16-17-31(28)50-6)54-39(47)30-19-24-13-15-26(43(10-3)11-4)21-33(24)53-38(30)46/h12-22,34-35H,8-11H2,1-7H3,(H,41,44)/t34-,35+/m0/s1. The molecule has 3 aromatic carbocycles. The van der Waals surface area contributed by atoms with Crippen molar-refractivity contribution in [1.29, 1.82) is 0 Å². The van der Waals surface area contributed by atoms with Gasteiger partial charge in [-0.05, 0) is 82.3 Å².